The molecule has 0 aliphatic heterocycles. The Morgan fingerprint density at radius 1 is 1.29 bits per heavy atom. The molecule has 1 aromatic heterocycles. The van der Waals surface area contributed by atoms with Gasteiger partial charge in [0.25, 0.3) is 0 Å². The fraction of sp³-hybridized carbons (Fsp3) is 0.667. The predicted molar refractivity (Wildman–Crippen MR) is 89.2 cm³/mol. The number of Topliss-reactive ketones (excluding diaryl/α,β-unsaturated/α-hetero) is 1. The first kappa shape index (κ1) is 18.6. The van der Waals surface area contributed by atoms with E-state index < -0.39 is 21.1 Å². The summed E-state index contributed by atoms with van der Waals surface area (Å²) in [5.41, 5.74) is 0.819. The van der Waals surface area contributed by atoms with Crippen molar-refractivity contribution in [3.05, 3.63) is 17.5 Å². The first-order valence-electron chi connectivity index (χ1n) is 8.10. The minimum atomic E-state index is -3.48. The zero-order valence-electron chi connectivity index (χ0n) is 14.0. The minimum absolute atomic E-state index is 0.0173. The van der Waals surface area contributed by atoms with Crippen molar-refractivity contribution in [2.24, 2.45) is 0 Å². The highest BCUT2D eigenvalue weighted by Crippen LogP contribution is 2.22. The van der Waals surface area contributed by atoms with Crippen molar-refractivity contribution in [1.82, 2.24) is 19.8 Å². The summed E-state index contributed by atoms with van der Waals surface area (Å²) < 4.78 is 28.3. The average molecular weight is 356 g/mol. The normalized spacial score (nSPS) is 16.1. The van der Waals surface area contributed by atoms with Crippen LogP contribution < -0.4 is 10.0 Å². The lowest BCUT2D eigenvalue weighted by Crippen LogP contribution is -2.38. The molecule has 0 bridgehead atoms. The Hall–Kier alpha value is -1.74. The molecular weight excluding hydrogens is 332 g/mol. The zero-order chi connectivity index (χ0) is 17.7. The van der Waals surface area contributed by atoms with Gasteiger partial charge in [-0.3, -0.25) is 14.3 Å². The monoisotopic (exact) mass is 356 g/mol. The van der Waals surface area contributed by atoms with Crippen LogP contribution in [0, 0.1) is 6.92 Å². The first-order chi connectivity index (χ1) is 11.3. The summed E-state index contributed by atoms with van der Waals surface area (Å²) in [5.74, 6) is -0.633. The van der Waals surface area contributed by atoms with Crippen LogP contribution in [0.1, 0.15) is 48.3 Å². The second-order valence-electron chi connectivity index (χ2n) is 6.05. The summed E-state index contributed by atoms with van der Waals surface area (Å²) >= 11 is 0. The molecule has 2 rings (SSSR count). The number of hydrogen-bond donors (Lipinski definition) is 2. The van der Waals surface area contributed by atoms with Crippen LogP contribution in [0.15, 0.2) is 6.07 Å². The third kappa shape index (κ3) is 4.64. The lowest BCUT2D eigenvalue weighted by Gasteiger charge is -2.21. The highest BCUT2D eigenvalue weighted by molar-refractivity contribution is 7.90. The van der Waals surface area contributed by atoms with Crippen molar-refractivity contribution in [2.45, 2.75) is 50.8 Å². The number of likely N-dealkylation sites (N-methyl/N-ethyl adjacent to an activating group) is 1. The van der Waals surface area contributed by atoms with Gasteiger partial charge < -0.3 is 5.32 Å². The summed E-state index contributed by atoms with van der Waals surface area (Å²) in [6.45, 7) is 1.44. The highest BCUT2D eigenvalue weighted by Gasteiger charge is 2.27. The average Bonchev–Trinajstić information content (AvgIpc) is 2.94. The van der Waals surface area contributed by atoms with E-state index in [-0.39, 0.29) is 24.7 Å². The Morgan fingerprint density at radius 2 is 1.96 bits per heavy atom. The third-order valence-corrected chi connectivity index (χ3v) is 6.16. The topological polar surface area (TPSA) is 110 Å². The molecular formula is C15H24N4O4S. The van der Waals surface area contributed by atoms with Crippen LogP contribution in [0.25, 0.3) is 0 Å². The van der Waals surface area contributed by atoms with Crippen molar-refractivity contribution in [3.8, 4) is 0 Å². The van der Waals surface area contributed by atoms with Crippen LogP contribution in [0.4, 0.5) is 0 Å². The number of carbonyl (C=O) groups excluding carboxylic acids is 2. The van der Waals surface area contributed by atoms with Gasteiger partial charge in [-0.25, -0.2) is 13.1 Å². The smallest absolute Gasteiger partial charge is 0.241 e. The van der Waals surface area contributed by atoms with Gasteiger partial charge in [-0.2, -0.15) is 5.10 Å². The predicted octanol–water partition coefficient (Wildman–Crippen LogP) is 0.372. The van der Waals surface area contributed by atoms with Gasteiger partial charge in [-0.15, -0.1) is 0 Å². The molecule has 0 radical (unpaired) electrons. The summed E-state index contributed by atoms with van der Waals surface area (Å²) in [4.78, 5) is 23.6. The number of amides is 1. The Labute approximate surface area is 142 Å². The number of ketones is 1. The molecule has 0 atom stereocenters. The SMILES string of the molecule is CNC(=O)Cn1nc(C(=O)CNS(=O)(=O)C2CCCCC2)cc1C. The molecule has 0 spiro atoms. The molecule has 1 aliphatic rings. The van der Waals surface area contributed by atoms with Crippen molar-refractivity contribution >= 4 is 21.7 Å². The van der Waals surface area contributed by atoms with Gasteiger partial charge in [0.05, 0.1) is 11.8 Å². The molecule has 1 aliphatic carbocycles. The van der Waals surface area contributed by atoms with Crippen LogP contribution in [0.3, 0.4) is 0 Å². The summed E-state index contributed by atoms with van der Waals surface area (Å²) in [7, 11) is -1.96. The van der Waals surface area contributed by atoms with E-state index in [4.69, 9.17) is 0 Å². The number of nitrogens with one attached hydrogen (secondary N) is 2. The van der Waals surface area contributed by atoms with Gasteiger partial charge in [-0.05, 0) is 25.8 Å². The molecule has 8 nitrogen and oxygen atoms in total. The van der Waals surface area contributed by atoms with E-state index in [0.29, 0.717) is 18.5 Å². The standard InChI is InChI=1S/C15H24N4O4S/c1-11-8-13(18-19(11)10-15(21)16-2)14(20)9-17-24(22,23)12-6-4-3-5-7-12/h8,12,17H,3-7,9-10H2,1-2H3,(H,16,21). The Bertz CT molecular complexity index is 705. The molecule has 1 saturated carbocycles. The van der Waals surface area contributed by atoms with Gasteiger partial charge >= 0.3 is 0 Å². The van der Waals surface area contributed by atoms with Gasteiger partial charge in [0.1, 0.15) is 12.2 Å². The molecule has 9 heteroatoms. The second kappa shape index (κ2) is 7.89. The van der Waals surface area contributed by atoms with E-state index in [1.165, 1.54) is 11.7 Å². The number of hydrogen-bond acceptors (Lipinski definition) is 5. The number of rotatable bonds is 7. The maximum absolute atomic E-state index is 12.2. The van der Waals surface area contributed by atoms with E-state index >= 15 is 0 Å². The van der Waals surface area contributed by atoms with Crippen LogP contribution >= 0.6 is 0 Å². The Balaban J connectivity index is 1.97. The van der Waals surface area contributed by atoms with Gasteiger partial charge in [0.15, 0.2) is 5.78 Å². The van der Waals surface area contributed by atoms with Crippen LogP contribution in [-0.2, 0) is 21.4 Å². The summed E-state index contributed by atoms with van der Waals surface area (Å²) in [6, 6.07) is 1.56. The van der Waals surface area contributed by atoms with Crippen LogP contribution in [0.2, 0.25) is 0 Å². The number of aryl methyl sites for hydroxylation is 1. The molecule has 1 amide bonds. The Kier molecular flexibility index (Phi) is 6.11. The lowest BCUT2D eigenvalue weighted by molar-refractivity contribution is -0.121. The minimum Gasteiger partial charge on any atom is -0.358 e. The van der Waals surface area contributed by atoms with E-state index in [9.17, 15) is 18.0 Å². The zero-order valence-corrected chi connectivity index (χ0v) is 14.9. The summed E-state index contributed by atoms with van der Waals surface area (Å²) in [6.07, 6.45) is 4.16. The van der Waals surface area contributed by atoms with E-state index in [0.717, 1.165) is 19.3 Å². The first-order valence-corrected chi connectivity index (χ1v) is 9.65. The van der Waals surface area contributed by atoms with E-state index in [1.54, 1.807) is 13.0 Å². The molecule has 1 heterocycles. The van der Waals surface area contributed by atoms with Crippen LogP contribution in [-0.4, -0.2) is 48.7 Å². The molecule has 24 heavy (non-hydrogen) atoms. The van der Waals surface area contributed by atoms with Crippen molar-refractivity contribution in [1.29, 1.82) is 0 Å². The molecule has 0 unspecified atom stereocenters. The second-order valence-corrected chi connectivity index (χ2v) is 8.10. The van der Waals surface area contributed by atoms with Gasteiger partial charge in [0.2, 0.25) is 15.9 Å². The molecule has 2 N–H and O–H groups in total. The summed E-state index contributed by atoms with van der Waals surface area (Å²) in [5, 5.41) is 6.16. The van der Waals surface area contributed by atoms with Crippen LogP contribution in [0.5, 0.6) is 0 Å². The molecule has 0 saturated heterocycles. The molecule has 134 valence electrons. The fourth-order valence-corrected chi connectivity index (χ4v) is 4.29. The largest absolute Gasteiger partial charge is 0.358 e. The molecule has 1 aromatic rings. The third-order valence-electron chi connectivity index (χ3n) is 4.26. The van der Waals surface area contributed by atoms with Gasteiger partial charge in [0, 0.05) is 12.7 Å². The highest BCUT2D eigenvalue weighted by atomic mass is 32.2. The maximum Gasteiger partial charge on any atom is 0.241 e. The Morgan fingerprint density at radius 3 is 2.58 bits per heavy atom. The van der Waals surface area contributed by atoms with Crippen molar-refractivity contribution < 1.29 is 18.0 Å². The molecule has 1 fully saturated rings. The fourth-order valence-electron chi connectivity index (χ4n) is 2.77. The molecule has 0 aromatic carbocycles. The van der Waals surface area contributed by atoms with Crippen molar-refractivity contribution in [3.63, 3.8) is 0 Å². The number of nitrogens with zero attached hydrogens (tertiary/aromatic N) is 2. The number of sulfonamides is 1. The van der Waals surface area contributed by atoms with Crippen molar-refractivity contribution in [2.75, 3.05) is 13.6 Å². The number of aromatic nitrogens is 2. The number of carbonyl (C=O) groups is 2. The quantitative estimate of drug-likeness (QED) is 0.686. The van der Waals surface area contributed by atoms with E-state index in [1.807, 2.05) is 0 Å². The maximum atomic E-state index is 12.2. The van der Waals surface area contributed by atoms with Gasteiger partial charge in [-0.1, -0.05) is 19.3 Å². The lowest BCUT2D eigenvalue weighted by atomic mass is 10.0. The van der Waals surface area contributed by atoms with E-state index in [2.05, 4.69) is 15.1 Å².